The van der Waals surface area contributed by atoms with Gasteiger partial charge in [-0.05, 0) is 37.1 Å². The number of likely N-dealkylation sites (N-methyl/N-ethyl adjacent to an activating group) is 1. The Labute approximate surface area is 107 Å². The largest absolute Gasteiger partial charge is 0.307 e. The molecule has 3 heteroatoms. The Kier molecular flexibility index (Phi) is 4.24. The first kappa shape index (κ1) is 12.7. The van der Waals surface area contributed by atoms with Crippen LogP contribution in [0.3, 0.4) is 0 Å². The standard InChI is InChI=1S/C14H19NOS/c1-3-12(15-4-2)14(16)11-5-6-13-10(9-11)7-8-17-13/h5-6,9,12,15H,3-4,7-8H2,1-2H3. The molecule has 1 unspecified atom stereocenters. The van der Waals surface area contributed by atoms with Gasteiger partial charge >= 0.3 is 0 Å². The number of ketones is 1. The van der Waals surface area contributed by atoms with Crippen LogP contribution in [0.4, 0.5) is 0 Å². The van der Waals surface area contributed by atoms with E-state index in [1.54, 1.807) is 0 Å². The number of Topliss-reactive ketones (excluding diaryl/α,β-unsaturated/α-hetero) is 1. The molecule has 1 aliphatic heterocycles. The Morgan fingerprint density at radius 3 is 3.00 bits per heavy atom. The molecule has 2 nitrogen and oxygen atoms in total. The van der Waals surface area contributed by atoms with Gasteiger partial charge < -0.3 is 5.32 Å². The molecule has 1 atom stereocenters. The van der Waals surface area contributed by atoms with E-state index in [2.05, 4.69) is 24.4 Å². The maximum Gasteiger partial charge on any atom is 0.179 e. The topological polar surface area (TPSA) is 29.1 Å². The molecule has 0 spiro atoms. The molecule has 0 fully saturated rings. The lowest BCUT2D eigenvalue weighted by Crippen LogP contribution is -2.36. The number of aryl methyl sites for hydroxylation is 1. The van der Waals surface area contributed by atoms with E-state index in [9.17, 15) is 4.79 Å². The Morgan fingerprint density at radius 1 is 1.47 bits per heavy atom. The highest BCUT2D eigenvalue weighted by atomic mass is 32.2. The van der Waals surface area contributed by atoms with Crippen molar-refractivity contribution in [2.75, 3.05) is 12.3 Å². The third kappa shape index (κ3) is 2.72. The van der Waals surface area contributed by atoms with E-state index < -0.39 is 0 Å². The third-order valence-electron chi connectivity index (χ3n) is 3.15. The molecule has 0 aromatic heterocycles. The van der Waals surface area contributed by atoms with Crippen molar-refractivity contribution in [2.24, 2.45) is 0 Å². The summed E-state index contributed by atoms with van der Waals surface area (Å²) in [7, 11) is 0. The summed E-state index contributed by atoms with van der Waals surface area (Å²) in [6.07, 6.45) is 1.94. The van der Waals surface area contributed by atoms with Gasteiger partial charge in [0.15, 0.2) is 5.78 Å². The summed E-state index contributed by atoms with van der Waals surface area (Å²) >= 11 is 1.89. The van der Waals surface area contributed by atoms with Gasteiger partial charge in [-0.2, -0.15) is 0 Å². The number of carbonyl (C=O) groups excluding carboxylic acids is 1. The first-order valence-electron chi connectivity index (χ1n) is 6.29. The van der Waals surface area contributed by atoms with Crippen molar-refractivity contribution in [3.05, 3.63) is 29.3 Å². The van der Waals surface area contributed by atoms with Crippen molar-refractivity contribution >= 4 is 17.5 Å². The minimum atomic E-state index is -0.0351. The van der Waals surface area contributed by atoms with E-state index in [1.165, 1.54) is 10.5 Å². The number of nitrogens with one attached hydrogen (secondary N) is 1. The van der Waals surface area contributed by atoms with Gasteiger partial charge in [0.2, 0.25) is 0 Å². The number of carbonyl (C=O) groups is 1. The van der Waals surface area contributed by atoms with E-state index in [-0.39, 0.29) is 11.8 Å². The van der Waals surface area contributed by atoms with Crippen LogP contribution in [0, 0.1) is 0 Å². The van der Waals surface area contributed by atoms with Crippen LogP contribution in [-0.2, 0) is 6.42 Å². The average molecular weight is 249 g/mol. The zero-order chi connectivity index (χ0) is 12.3. The molecular formula is C14H19NOS. The van der Waals surface area contributed by atoms with Gasteiger partial charge in [0.25, 0.3) is 0 Å². The average Bonchev–Trinajstić information content (AvgIpc) is 2.82. The van der Waals surface area contributed by atoms with Gasteiger partial charge in [0, 0.05) is 16.2 Å². The molecule has 0 radical (unpaired) electrons. The van der Waals surface area contributed by atoms with Gasteiger partial charge in [0.1, 0.15) is 0 Å². The number of hydrogen-bond donors (Lipinski definition) is 1. The number of rotatable bonds is 5. The molecule has 0 saturated heterocycles. The fourth-order valence-corrected chi connectivity index (χ4v) is 3.26. The molecular weight excluding hydrogens is 230 g/mol. The monoisotopic (exact) mass is 249 g/mol. The number of hydrogen-bond acceptors (Lipinski definition) is 3. The quantitative estimate of drug-likeness (QED) is 0.814. The summed E-state index contributed by atoms with van der Waals surface area (Å²) in [6.45, 7) is 4.93. The number of benzene rings is 1. The molecule has 0 amide bonds. The predicted octanol–water partition coefficient (Wildman–Crippen LogP) is 2.91. The van der Waals surface area contributed by atoms with Crippen LogP contribution in [0.5, 0.6) is 0 Å². The van der Waals surface area contributed by atoms with Crippen LogP contribution in [0.1, 0.15) is 36.2 Å². The highest BCUT2D eigenvalue weighted by molar-refractivity contribution is 7.99. The molecule has 17 heavy (non-hydrogen) atoms. The fraction of sp³-hybridized carbons (Fsp3) is 0.500. The van der Waals surface area contributed by atoms with E-state index in [0.29, 0.717) is 0 Å². The SMILES string of the molecule is CCNC(CC)C(=O)c1ccc2c(c1)CCS2. The Morgan fingerprint density at radius 2 is 2.29 bits per heavy atom. The summed E-state index contributed by atoms with van der Waals surface area (Å²) < 4.78 is 0. The molecule has 0 aliphatic carbocycles. The first-order valence-corrected chi connectivity index (χ1v) is 7.28. The zero-order valence-corrected chi connectivity index (χ0v) is 11.3. The van der Waals surface area contributed by atoms with E-state index in [1.807, 2.05) is 24.8 Å². The van der Waals surface area contributed by atoms with Gasteiger partial charge in [0.05, 0.1) is 6.04 Å². The van der Waals surface area contributed by atoms with Gasteiger partial charge in [-0.15, -0.1) is 11.8 Å². The lowest BCUT2D eigenvalue weighted by atomic mass is 9.99. The van der Waals surface area contributed by atoms with Gasteiger partial charge in [-0.3, -0.25) is 4.79 Å². The highest BCUT2D eigenvalue weighted by Crippen LogP contribution is 2.31. The van der Waals surface area contributed by atoms with Crippen LogP contribution in [0.15, 0.2) is 23.1 Å². The predicted molar refractivity (Wildman–Crippen MR) is 73.0 cm³/mol. The molecule has 0 saturated carbocycles. The van der Waals surface area contributed by atoms with Crippen LogP contribution in [0.2, 0.25) is 0 Å². The van der Waals surface area contributed by atoms with Gasteiger partial charge in [-0.1, -0.05) is 19.9 Å². The highest BCUT2D eigenvalue weighted by Gasteiger charge is 2.19. The van der Waals surface area contributed by atoms with Crippen molar-refractivity contribution < 1.29 is 4.79 Å². The fourth-order valence-electron chi connectivity index (χ4n) is 2.21. The molecule has 1 aliphatic rings. The maximum absolute atomic E-state index is 12.3. The summed E-state index contributed by atoms with van der Waals surface area (Å²) in [5.41, 5.74) is 2.20. The summed E-state index contributed by atoms with van der Waals surface area (Å²) in [5, 5.41) is 3.24. The van der Waals surface area contributed by atoms with Crippen molar-refractivity contribution in [1.82, 2.24) is 5.32 Å². The number of fused-ring (bicyclic) bond motifs is 1. The zero-order valence-electron chi connectivity index (χ0n) is 10.5. The lowest BCUT2D eigenvalue weighted by Gasteiger charge is -2.15. The normalized spacial score (nSPS) is 15.6. The summed E-state index contributed by atoms with van der Waals surface area (Å²) in [6, 6.07) is 6.11. The second-order valence-corrected chi connectivity index (χ2v) is 5.44. The molecule has 1 aromatic carbocycles. The smallest absolute Gasteiger partial charge is 0.179 e. The molecule has 92 valence electrons. The number of thioether (sulfide) groups is 1. The van der Waals surface area contributed by atoms with Crippen molar-refractivity contribution in [3.8, 4) is 0 Å². The van der Waals surface area contributed by atoms with E-state index in [4.69, 9.17) is 0 Å². The van der Waals surface area contributed by atoms with Crippen LogP contribution < -0.4 is 5.32 Å². The minimum Gasteiger partial charge on any atom is -0.307 e. The van der Waals surface area contributed by atoms with Crippen LogP contribution in [-0.4, -0.2) is 24.1 Å². The maximum atomic E-state index is 12.3. The third-order valence-corrected chi connectivity index (χ3v) is 4.27. The molecule has 1 N–H and O–H groups in total. The molecule has 2 rings (SSSR count). The van der Waals surface area contributed by atoms with Gasteiger partial charge in [-0.25, -0.2) is 0 Å². The Bertz CT molecular complexity index is 417. The second-order valence-electron chi connectivity index (χ2n) is 4.30. The molecule has 1 aromatic rings. The van der Waals surface area contributed by atoms with E-state index in [0.717, 1.165) is 30.7 Å². The van der Waals surface area contributed by atoms with Crippen LogP contribution in [0.25, 0.3) is 0 Å². The summed E-state index contributed by atoms with van der Waals surface area (Å²) in [5.74, 6) is 1.38. The van der Waals surface area contributed by atoms with Crippen molar-refractivity contribution in [1.29, 1.82) is 0 Å². The second kappa shape index (κ2) is 5.69. The molecule has 1 heterocycles. The molecule has 0 bridgehead atoms. The Hall–Kier alpha value is -0.800. The van der Waals surface area contributed by atoms with Crippen molar-refractivity contribution in [2.45, 2.75) is 37.6 Å². The van der Waals surface area contributed by atoms with E-state index >= 15 is 0 Å². The van der Waals surface area contributed by atoms with Crippen molar-refractivity contribution in [3.63, 3.8) is 0 Å². The Balaban J connectivity index is 2.19. The summed E-state index contributed by atoms with van der Waals surface area (Å²) in [4.78, 5) is 13.6. The van der Waals surface area contributed by atoms with Crippen LogP contribution >= 0.6 is 11.8 Å². The first-order chi connectivity index (χ1) is 8.26. The lowest BCUT2D eigenvalue weighted by molar-refractivity contribution is 0.0941. The minimum absolute atomic E-state index is 0.0351.